The van der Waals surface area contributed by atoms with Gasteiger partial charge in [0.2, 0.25) is 10.0 Å². The van der Waals surface area contributed by atoms with E-state index in [-0.39, 0.29) is 11.7 Å². The Balaban J connectivity index is 1.65. The first-order chi connectivity index (χ1) is 11.5. The Morgan fingerprint density at radius 1 is 1.21 bits per heavy atom. The summed E-state index contributed by atoms with van der Waals surface area (Å²) in [5.74, 6) is 1.35. The lowest BCUT2D eigenvalue weighted by Gasteiger charge is -2.34. The van der Waals surface area contributed by atoms with Crippen molar-refractivity contribution in [2.24, 2.45) is 0 Å². The first kappa shape index (κ1) is 17.8. The van der Waals surface area contributed by atoms with Crippen LogP contribution in [0.3, 0.4) is 0 Å². The Morgan fingerprint density at radius 2 is 1.96 bits per heavy atom. The maximum atomic E-state index is 12.7. The van der Waals surface area contributed by atoms with Crippen LogP contribution in [0.2, 0.25) is 0 Å². The summed E-state index contributed by atoms with van der Waals surface area (Å²) in [6, 6.07) is 5.97. The number of fused-ring (bicyclic) bond motifs is 1. The lowest BCUT2D eigenvalue weighted by atomic mass is 10.1. The summed E-state index contributed by atoms with van der Waals surface area (Å²) in [6.07, 6.45) is 2.81. The lowest BCUT2D eigenvalue weighted by Crippen LogP contribution is -2.51. The third-order valence-electron chi connectivity index (χ3n) is 4.54. The predicted molar refractivity (Wildman–Crippen MR) is 97.0 cm³/mol. The molecule has 0 aliphatic carbocycles. The molecule has 3 rings (SSSR count). The van der Waals surface area contributed by atoms with Crippen molar-refractivity contribution in [2.75, 3.05) is 37.7 Å². The van der Waals surface area contributed by atoms with Crippen LogP contribution in [0.5, 0.6) is 0 Å². The quantitative estimate of drug-likeness (QED) is 0.818. The molecule has 0 aromatic heterocycles. The van der Waals surface area contributed by atoms with Crippen molar-refractivity contribution in [3.8, 4) is 0 Å². The smallest absolute Gasteiger partial charge is 0.253 e. The molecule has 0 bridgehead atoms. The normalized spacial score (nSPS) is 19.1. The van der Waals surface area contributed by atoms with Gasteiger partial charge in [0.1, 0.15) is 0 Å². The van der Waals surface area contributed by atoms with Gasteiger partial charge in [-0.3, -0.25) is 4.79 Å². The largest absolute Gasteiger partial charge is 0.336 e. The van der Waals surface area contributed by atoms with Crippen LogP contribution < -0.4 is 0 Å². The van der Waals surface area contributed by atoms with E-state index in [1.54, 1.807) is 4.90 Å². The predicted octanol–water partition coefficient (Wildman–Crippen LogP) is 2.22. The fourth-order valence-electron chi connectivity index (χ4n) is 3.23. The summed E-state index contributed by atoms with van der Waals surface area (Å²) >= 11 is 1.85. The zero-order valence-corrected chi connectivity index (χ0v) is 15.7. The van der Waals surface area contributed by atoms with E-state index in [0.29, 0.717) is 32.6 Å². The highest BCUT2D eigenvalue weighted by atomic mass is 32.2. The van der Waals surface area contributed by atoms with Gasteiger partial charge in [-0.1, -0.05) is 6.92 Å². The summed E-state index contributed by atoms with van der Waals surface area (Å²) in [5, 5.41) is 0. The van der Waals surface area contributed by atoms with Crippen molar-refractivity contribution in [3.63, 3.8) is 0 Å². The molecule has 1 amide bonds. The molecule has 2 aliphatic heterocycles. The molecule has 2 aliphatic rings. The molecule has 5 nitrogen and oxygen atoms in total. The molecule has 24 heavy (non-hydrogen) atoms. The second kappa shape index (κ2) is 7.45. The van der Waals surface area contributed by atoms with Crippen LogP contribution in [0.25, 0.3) is 0 Å². The summed E-state index contributed by atoms with van der Waals surface area (Å²) in [6.45, 7) is 3.59. The molecule has 0 atom stereocenters. The molecule has 7 heteroatoms. The van der Waals surface area contributed by atoms with Crippen LogP contribution in [0.1, 0.15) is 35.7 Å². The number of piperazine rings is 1. The third-order valence-corrected chi connectivity index (χ3v) is 7.81. The van der Waals surface area contributed by atoms with Gasteiger partial charge in [0.25, 0.3) is 5.91 Å². The number of thioether (sulfide) groups is 1. The number of carbonyl (C=O) groups excluding carboxylic acids is 1. The molecule has 0 saturated carbocycles. The Bertz CT molecular complexity index is 711. The lowest BCUT2D eigenvalue weighted by molar-refractivity contribution is 0.0697. The van der Waals surface area contributed by atoms with Gasteiger partial charge in [0.15, 0.2) is 0 Å². The van der Waals surface area contributed by atoms with Crippen LogP contribution >= 0.6 is 11.8 Å². The highest BCUT2D eigenvalue weighted by molar-refractivity contribution is 7.99. The number of aryl methyl sites for hydroxylation is 1. The molecule has 0 N–H and O–H groups in total. The van der Waals surface area contributed by atoms with Crippen LogP contribution in [-0.2, 0) is 16.4 Å². The number of amides is 1. The van der Waals surface area contributed by atoms with Gasteiger partial charge >= 0.3 is 0 Å². The van der Waals surface area contributed by atoms with E-state index < -0.39 is 10.0 Å². The molecular weight excluding hydrogens is 344 g/mol. The van der Waals surface area contributed by atoms with Gasteiger partial charge in [-0.05, 0) is 48.8 Å². The Kier molecular flexibility index (Phi) is 5.52. The maximum absolute atomic E-state index is 12.7. The first-order valence-electron chi connectivity index (χ1n) is 8.54. The Morgan fingerprint density at radius 3 is 2.67 bits per heavy atom. The van der Waals surface area contributed by atoms with Crippen molar-refractivity contribution in [3.05, 3.63) is 29.3 Å². The summed E-state index contributed by atoms with van der Waals surface area (Å²) in [5.41, 5.74) is 1.99. The van der Waals surface area contributed by atoms with E-state index in [2.05, 4.69) is 0 Å². The van der Waals surface area contributed by atoms with Crippen molar-refractivity contribution >= 4 is 27.7 Å². The molecule has 1 saturated heterocycles. The second-order valence-corrected chi connectivity index (χ2v) is 9.51. The van der Waals surface area contributed by atoms with Gasteiger partial charge in [0, 0.05) is 36.6 Å². The van der Waals surface area contributed by atoms with E-state index >= 15 is 0 Å². The highest BCUT2D eigenvalue weighted by Crippen LogP contribution is 2.30. The maximum Gasteiger partial charge on any atom is 0.253 e. The summed E-state index contributed by atoms with van der Waals surface area (Å²) < 4.78 is 25.7. The number of sulfonamides is 1. The summed E-state index contributed by atoms with van der Waals surface area (Å²) in [7, 11) is -3.17. The molecule has 0 unspecified atom stereocenters. The standard InChI is InChI=1S/C17H24N2O3S2/c1-2-12-24(21,22)19-9-7-18(8-10-19)17(20)15-5-6-16-14(13-15)4-3-11-23-16/h5-6,13H,2-4,7-12H2,1H3. The first-order valence-corrected chi connectivity index (χ1v) is 11.1. The second-order valence-electron chi connectivity index (χ2n) is 6.28. The van der Waals surface area contributed by atoms with E-state index in [1.807, 2.05) is 36.9 Å². The third kappa shape index (κ3) is 3.78. The topological polar surface area (TPSA) is 57.7 Å². The number of rotatable bonds is 4. The van der Waals surface area contributed by atoms with E-state index in [0.717, 1.165) is 24.2 Å². The molecule has 1 aromatic carbocycles. The number of nitrogens with zero attached hydrogens (tertiary/aromatic N) is 2. The fraction of sp³-hybridized carbons (Fsp3) is 0.588. The average molecular weight is 369 g/mol. The molecule has 132 valence electrons. The molecule has 1 fully saturated rings. The van der Waals surface area contributed by atoms with E-state index in [1.165, 1.54) is 14.8 Å². The number of hydrogen-bond acceptors (Lipinski definition) is 4. The number of hydrogen-bond donors (Lipinski definition) is 0. The molecule has 0 radical (unpaired) electrons. The van der Waals surface area contributed by atoms with Crippen molar-refractivity contribution < 1.29 is 13.2 Å². The number of carbonyl (C=O) groups is 1. The van der Waals surface area contributed by atoms with Gasteiger partial charge in [0.05, 0.1) is 5.75 Å². The Labute approximate surface area is 148 Å². The van der Waals surface area contributed by atoms with Gasteiger partial charge in [-0.15, -0.1) is 11.8 Å². The summed E-state index contributed by atoms with van der Waals surface area (Å²) in [4.78, 5) is 15.8. The SMILES string of the molecule is CCCS(=O)(=O)N1CCN(C(=O)c2ccc3c(c2)CCCS3)CC1. The molecule has 2 heterocycles. The monoisotopic (exact) mass is 368 g/mol. The zero-order valence-electron chi connectivity index (χ0n) is 14.0. The molecular formula is C17H24N2O3S2. The minimum Gasteiger partial charge on any atom is -0.336 e. The van der Waals surface area contributed by atoms with Crippen LogP contribution in [0.15, 0.2) is 23.1 Å². The minimum atomic E-state index is -3.17. The average Bonchev–Trinajstić information content (AvgIpc) is 2.61. The van der Waals surface area contributed by atoms with Crippen molar-refractivity contribution in [1.82, 2.24) is 9.21 Å². The van der Waals surface area contributed by atoms with Crippen molar-refractivity contribution in [1.29, 1.82) is 0 Å². The van der Waals surface area contributed by atoms with E-state index in [9.17, 15) is 13.2 Å². The Hall–Kier alpha value is -1.05. The van der Waals surface area contributed by atoms with Gasteiger partial charge in [-0.25, -0.2) is 8.42 Å². The fourth-order valence-corrected chi connectivity index (χ4v) is 5.75. The number of benzene rings is 1. The van der Waals surface area contributed by atoms with Crippen LogP contribution in [0, 0.1) is 0 Å². The van der Waals surface area contributed by atoms with E-state index in [4.69, 9.17) is 0 Å². The van der Waals surface area contributed by atoms with Crippen LogP contribution in [0.4, 0.5) is 0 Å². The zero-order chi connectivity index (χ0) is 17.2. The highest BCUT2D eigenvalue weighted by Gasteiger charge is 2.28. The minimum absolute atomic E-state index is 0.0147. The van der Waals surface area contributed by atoms with Crippen molar-refractivity contribution in [2.45, 2.75) is 31.1 Å². The van der Waals surface area contributed by atoms with Gasteiger partial charge < -0.3 is 4.90 Å². The van der Waals surface area contributed by atoms with Gasteiger partial charge in [-0.2, -0.15) is 4.31 Å². The van der Waals surface area contributed by atoms with Crippen LogP contribution in [-0.4, -0.2) is 61.2 Å². The molecule has 1 aromatic rings. The molecule has 0 spiro atoms.